The Kier molecular flexibility index (Phi) is 5.11. The molecule has 0 aromatic heterocycles. The van der Waals surface area contributed by atoms with Gasteiger partial charge >= 0.3 is 0 Å². The van der Waals surface area contributed by atoms with Gasteiger partial charge < -0.3 is 4.90 Å². The summed E-state index contributed by atoms with van der Waals surface area (Å²) in [6.45, 7) is 9.04. The lowest BCUT2D eigenvalue weighted by atomic mass is 10.00. The molecule has 0 saturated carbocycles. The van der Waals surface area contributed by atoms with E-state index in [1.165, 1.54) is 77.7 Å². The van der Waals surface area contributed by atoms with E-state index in [1.807, 2.05) is 0 Å². The molecule has 2 nitrogen and oxygen atoms in total. The van der Waals surface area contributed by atoms with E-state index in [1.54, 1.807) is 0 Å². The van der Waals surface area contributed by atoms with Gasteiger partial charge in [-0.1, -0.05) is 19.8 Å². The summed E-state index contributed by atoms with van der Waals surface area (Å²) >= 11 is 0. The molecule has 94 valence electrons. The molecular weight excluding hydrogens is 196 g/mol. The molecule has 0 bridgehead atoms. The molecule has 16 heavy (non-hydrogen) atoms. The van der Waals surface area contributed by atoms with Crippen LogP contribution in [0.1, 0.15) is 51.9 Å². The Labute approximate surface area is 101 Å². The van der Waals surface area contributed by atoms with Crippen molar-refractivity contribution < 1.29 is 0 Å². The molecule has 2 heterocycles. The first kappa shape index (κ1) is 12.4. The molecule has 0 N–H and O–H groups in total. The maximum Gasteiger partial charge on any atom is 0.0112 e. The van der Waals surface area contributed by atoms with Crippen molar-refractivity contribution in [3.8, 4) is 0 Å². The Morgan fingerprint density at radius 2 is 1.62 bits per heavy atom. The second kappa shape index (κ2) is 6.61. The van der Waals surface area contributed by atoms with Crippen molar-refractivity contribution in [1.82, 2.24) is 9.80 Å². The van der Waals surface area contributed by atoms with Crippen molar-refractivity contribution in [3.63, 3.8) is 0 Å². The zero-order valence-corrected chi connectivity index (χ0v) is 11.0. The van der Waals surface area contributed by atoms with Gasteiger partial charge in [0.2, 0.25) is 0 Å². The van der Waals surface area contributed by atoms with Gasteiger partial charge in [-0.25, -0.2) is 0 Å². The molecule has 0 amide bonds. The molecule has 0 spiro atoms. The largest absolute Gasteiger partial charge is 0.302 e. The highest BCUT2D eigenvalue weighted by Crippen LogP contribution is 2.19. The predicted octanol–water partition coefficient (Wildman–Crippen LogP) is 2.74. The van der Waals surface area contributed by atoms with Gasteiger partial charge in [0.25, 0.3) is 0 Å². The van der Waals surface area contributed by atoms with Crippen LogP contribution in [0.15, 0.2) is 0 Å². The van der Waals surface area contributed by atoms with Gasteiger partial charge in [-0.3, -0.25) is 4.90 Å². The van der Waals surface area contributed by atoms with E-state index in [0.717, 1.165) is 6.04 Å². The second-order valence-corrected chi connectivity index (χ2v) is 5.50. The highest BCUT2D eigenvalue weighted by Gasteiger charge is 2.21. The Morgan fingerprint density at radius 1 is 0.875 bits per heavy atom. The average Bonchev–Trinajstić information content (AvgIpc) is 2.38. The summed E-state index contributed by atoms with van der Waals surface area (Å²) < 4.78 is 0. The summed E-state index contributed by atoms with van der Waals surface area (Å²) in [5.41, 5.74) is 0. The van der Waals surface area contributed by atoms with E-state index in [2.05, 4.69) is 16.7 Å². The molecule has 2 heteroatoms. The Bertz CT molecular complexity index is 187. The van der Waals surface area contributed by atoms with Crippen LogP contribution in [0.2, 0.25) is 0 Å². The first-order valence-electron chi connectivity index (χ1n) is 7.36. The van der Waals surface area contributed by atoms with Crippen molar-refractivity contribution >= 4 is 0 Å². The lowest BCUT2D eigenvalue weighted by molar-refractivity contribution is 0.116. The molecule has 2 aliphatic rings. The minimum Gasteiger partial charge on any atom is -0.302 e. The number of nitrogens with zero attached hydrogens (tertiary/aromatic N) is 2. The van der Waals surface area contributed by atoms with Gasteiger partial charge in [0.1, 0.15) is 0 Å². The molecule has 2 saturated heterocycles. The first-order valence-corrected chi connectivity index (χ1v) is 7.36. The fourth-order valence-corrected chi connectivity index (χ4v) is 3.27. The third kappa shape index (κ3) is 3.46. The van der Waals surface area contributed by atoms with Crippen LogP contribution in [-0.2, 0) is 0 Å². The van der Waals surface area contributed by atoms with Crippen LogP contribution in [0.4, 0.5) is 0 Å². The summed E-state index contributed by atoms with van der Waals surface area (Å²) in [6.07, 6.45) is 9.98. The number of rotatable bonds is 4. The highest BCUT2D eigenvalue weighted by molar-refractivity contribution is 4.77. The van der Waals surface area contributed by atoms with Gasteiger partial charge in [-0.15, -0.1) is 0 Å². The zero-order chi connectivity index (χ0) is 11.2. The molecular formula is C14H28N2. The van der Waals surface area contributed by atoms with Crippen LogP contribution >= 0.6 is 0 Å². The molecule has 0 radical (unpaired) electrons. The third-order valence-electron chi connectivity index (χ3n) is 4.37. The lowest BCUT2D eigenvalue weighted by Crippen LogP contribution is -2.44. The van der Waals surface area contributed by atoms with Gasteiger partial charge in [0.15, 0.2) is 0 Å². The fourth-order valence-electron chi connectivity index (χ4n) is 3.27. The summed E-state index contributed by atoms with van der Waals surface area (Å²) in [6, 6.07) is 0.888. The van der Waals surface area contributed by atoms with Crippen LogP contribution in [-0.4, -0.2) is 48.6 Å². The summed E-state index contributed by atoms with van der Waals surface area (Å²) in [5.74, 6) is 0. The molecule has 1 unspecified atom stereocenters. The van der Waals surface area contributed by atoms with Crippen molar-refractivity contribution in [2.45, 2.75) is 57.9 Å². The minimum atomic E-state index is 0.888. The summed E-state index contributed by atoms with van der Waals surface area (Å²) in [4.78, 5) is 5.42. The van der Waals surface area contributed by atoms with Crippen LogP contribution in [0.3, 0.4) is 0 Å². The smallest absolute Gasteiger partial charge is 0.0112 e. The molecule has 0 aromatic rings. The Hall–Kier alpha value is -0.0800. The molecule has 0 aliphatic carbocycles. The highest BCUT2D eigenvalue weighted by atomic mass is 15.2. The van der Waals surface area contributed by atoms with E-state index in [4.69, 9.17) is 0 Å². The number of hydrogen-bond acceptors (Lipinski definition) is 2. The maximum atomic E-state index is 2.75. The zero-order valence-electron chi connectivity index (χ0n) is 11.0. The number of piperidine rings is 2. The lowest BCUT2D eigenvalue weighted by Gasteiger charge is -2.37. The molecule has 0 aromatic carbocycles. The van der Waals surface area contributed by atoms with Gasteiger partial charge in [0, 0.05) is 19.1 Å². The van der Waals surface area contributed by atoms with Crippen molar-refractivity contribution in [1.29, 1.82) is 0 Å². The van der Waals surface area contributed by atoms with E-state index < -0.39 is 0 Å². The normalized spacial score (nSPS) is 29.4. The predicted molar refractivity (Wildman–Crippen MR) is 69.8 cm³/mol. The van der Waals surface area contributed by atoms with Crippen LogP contribution < -0.4 is 0 Å². The molecule has 1 atom stereocenters. The molecule has 2 fully saturated rings. The maximum absolute atomic E-state index is 2.75. The Balaban J connectivity index is 1.70. The summed E-state index contributed by atoms with van der Waals surface area (Å²) in [7, 11) is 0. The van der Waals surface area contributed by atoms with Crippen LogP contribution in [0, 0.1) is 0 Å². The third-order valence-corrected chi connectivity index (χ3v) is 4.37. The van der Waals surface area contributed by atoms with Gasteiger partial charge in [0.05, 0.1) is 0 Å². The topological polar surface area (TPSA) is 6.48 Å². The monoisotopic (exact) mass is 224 g/mol. The van der Waals surface area contributed by atoms with E-state index in [9.17, 15) is 0 Å². The quantitative estimate of drug-likeness (QED) is 0.724. The molecule has 2 aliphatic heterocycles. The van der Waals surface area contributed by atoms with Gasteiger partial charge in [-0.05, 0) is 51.7 Å². The minimum absolute atomic E-state index is 0.888. The standard InChI is InChI=1S/C14H28N2/c1-2-14-8-4-7-11-16(14)13-12-15-9-5-3-6-10-15/h14H,2-13H2,1H3. The SMILES string of the molecule is CCC1CCCCN1CCN1CCCCC1. The van der Waals surface area contributed by atoms with E-state index in [-0.39, 0.29) is 0 Å². The second-order valence-electron chi connectivity index (χ2n) is 5.50. The number of hydrogen-bond donors (Lipinski definition) is 0. The van der Waals surface area contributed by atoms with Crippen molar-refractivity contribution in [2.75, 3.05) is 32.7 Å². The van der Waals surface area contributed by atoms with Crippen molar-refractivity contribution in [2.24, 2.45) is 0 Å². The van der Waals surface area contributed by atoms with Gasteiger partial charge in [-0.2, -0.15) is 0 Å². The van der Waals surface area contributed by atoms with E-state index in [0.29, 0.717) is 0 Å². The van der Waals surface area contributed by atoms with Crippen molar-refractivity contribution in [3.05, 3.63) is 0 Å². The van der Waals surface area contributed by atoms with Crippen LogP contribution in [0.5, 0.6) is 0 Å². The number of likely N-dealkylation sites (tertiary alicyclic amines) is 2. The van der Waals surface area contributed by atoms with Crippen LogP contribution in [0.25, 0.3) is 0 Å². The molecule has 2 rings (SSSR count). The Morgan fingerprint density at radius 3 is 2.38 bits per heavy atom. The first-order chi connectivity index (χ1) is 7.90. The van der Waals surface area contributed by atoms with E-state index >= 15 is 0 Å². The fraction of sp³-hybridized carbons (Fsp3) is 1.00. The summed E-state index contributed by atoms with van der Waals surface area (Å²) in [5, 5.41) is 0. The average molecular weight is 224 g/mol.